The summed E-state index contributed by atoms with van der Waals surface area (Å²) in [7, 11) is 1.81. The van der Waals surface area contributed by atoms with Crippen LogP contribution in [0.4, 0.5) is 5.69 Å². The van der Waals surface area contributed by atoms with Crippen LogP contribution in [0, 0.1) is 0 Å². The quantitative estimate of drug-likeness (QED) is 0.869. The summed E-state index contributed by atoms with van der Waals surface area (Å²) < 4.78 is 2.47. The molecule has 0 bridgehead atoms. The molecule has 2 heterocycles. The van der Waals surface area contributed by atoms with Crippen molar-refractivity contribution in [3.8, 4) is 0 Å². The van der Waals surface area contributed by atoms with Gasteiger partial charge in [-0.3, -0.25) is 4.79 Å². The molecule has 1 atom stereocenters. The van der Waals surface area contributed by atoms with E-state index < -0.39 is 12.0 Å². The topological polar surface area (TPSA) is 80.0 Å². The van der Waals surface area contributed by atoms with Crippen LogP contribution in [0.1, 0.15) is 11.7 Å². The number of halogens is 1. The fraction of sp³-hybridized carbons (Fsp3) is 0.182. The van der Waals surface area contributed by atoms with Gasteiger partial charge >= 0.3 is 0 Å². The molecule has 0 saturated carbocycles. The Bertz CT molecular complexity index is 673. The second kappa shape index (κ2) is 4.62. The Labute approximate surface area is 121 Å². The number of aliphatic hydroxyl groups excluding tert-OH is 1. The zero-order chi connectivity index (χ0) is 13.6. The molecule has 1 amide bonds. The first kappa shape index (κ1) is 12.6. The number of nitrogens with one attached hydrogen (secondary N) is 1. The van der Waals surface area contributed by atoms with E-state index in [1.807, 2.05) is 13.1 Å². The van der Waals surface area contributed by atoms with Gasteiger partial charge in [0.1, 0.15) is 6.33 Å². The number of rotatable bonds is 2. The number of aliphatic hydroxyl groups is 1. The number of nitrogens with zero attached hydrogens (tertiary/aromatic N) is 3. The van der Waals surface area contributed by atoms with Crippen molar-refractivity contribution in [2.75, 3.05) is 5.32 Å². The third-order valence-electron chi connectivity index (χ3n) is 2.78. The Hall–Kier alpha value is -1.38. The summed E-state index contributed by atoms with van der Waals surface area (Å²) in [5.74, 6) is -0.400. The number of carbonyl (C=O) groups is 1. The van der Waals surface area contributed by atoms with Crippen molar-refractivity contribution in [1.82, 2.24) is 14.8 Å². The van der Waals surface area contributed by atoms with Crippen LogP contribution in [-0.2, 0) is 11.8 Å². The highest BCUT2D eigenvalue weighted by Gasteiger charge is 2.29. The van der Waals surface area contributed by atoms with Gasteiger partial charge in [-0.05, 0) is 39.8 Å². The van der Waals surface area contributed by atoms with Crippen molar-refractivity contribution in [1.29, 1.82) is 0 Å². The Morgan fingerprint density at radius 3 is 3.00 bits per heavy atom. The molecule has 8 heteroatoms. The molecule has 0 radical (unpaired) electrons. The van der Waals surface area contributed by atoms with Crippen LogP contribution in [-0.4, -0.2) is 25.8 Å². The van der Waals surface area contributed by atoms with Crippen molar-refractivity contribution in [3.63, 3.8) is 0 Å². The summed E-state index contributed by atoms with van der Waals surface area (Å²) in [6.07, 6.45) is 0.384. The van der Waals surface area contributed by atoms with E-state index in [2.05, 4.69) is 31.3 Å². The van der Waals surface area contributed by atoms with E-state index >= 15 is 0 Å². The minimum atomic E-state index is -1.10. The zero-order valence-corrected chi connectivity index (χ0v) is 12.2. The summed E-state index contributed by atoms with van der Waals surface area (Å²) in [4.78, 5) is 16.4. The number of aryl methyl sites for hydroxylation is 1. The molecule has 1 aliphatic heterocycles. The monoisotopic (exact) mass is 340 g/mol. The van der Waals surface area contributed by atoms with Crippen molar-refractivity contribution in [2.24, 2.45) is 7.05 Å². The number of carbonyl (C=O) groups excluding carboxylic acids is 1. The number of hydrogen-bond acceptors (Lipinski definition) is 5. The Balaban J connectivity index is 1.99. The molecule has 1 unspecified atom stereocenters. The van der Waals surface area contributed by atoms with E-state index in [9.17, 15) is 9.90 Å². The maximum Gasteiger partial charge on any atom is 0.257 e. The number of amides is 1. The predicted octanol–water partition coefficient (Wildman–Crippen LogP) is 1.71. The molecule has 0 saturated heterocycles. The summed E-state index contributed by atoms with van der Waals surface area (Å²) in [5, 5.41) is 17.1. The average Bonchev–Trinajstić information content (AvgIpc) is 2.88. The SMILES string of the molecule is Cn1ncnc1Sc1cc2c(cc1Br)C(O)C(=O)N2. The molecule has 2 aromatic rings. The van der Waals surface area contributed by atoms with Gasteiger partial charge in [0.2, 0.25) is 0 Å². The van der Waals surface area contributed by atoms with Gasteiger partial charge in [0.25, 0.3) is 5.91 Å². The van der Waals surface area contributed by atoms with Crippen LogP contribution < -0.4 is 5.32 Å². The zero-order valence-electron chi connectivity index (χ0n) is 9.79. The average molecular weight is 341 g/mol. The highest BCUT2D eigenvalue weighted by Crippen LogP contribution is 2.40. The molecule has 1 aliphatic rings. The molecule has 2 N–H and O–H groups in total. The van der Waals surface area contributed by atoms with E-state index in [-0.39, 0.29) is 0 Å². The molecule has 19 heavy (non-hydrogen) atoms. The number of aromatic nitrogens is 3. The van der Waals surface area contributed by atoms with E-state index in [0.717, 1.165) is 14.5 Å². The Kier molecular flexibility index (Phi) is 3.08. The lowest BCUT2D eigenvalue weighted by Crippen LogP contribution is -2.10. The molecule has 6 nitrogen and oxygen atoms in total. The molecule has 0 spiro atoms. The van der Waals surface area contributed by atoms with Gasteiger partial charge < -0.3 is 10.4 Å². The number of anilines is 1. The summed E-state index contributed by atoms with van der Waals surface area (Å²) in [5.41, 5.74) is 1.21. The van der Waals surface area contributed by atoms with Gasteiger partial charge in [-0.1, -0.05) is 0 Å². The van der Waals surface area contributed by atoms with Crippen molar-refractivity contribution >= 4 is 39.3 Å². The molecule has 1 aromatic carbocycles. The standard InChI is InChI=1S/C11H9BrN4O2S/c1-16-11(13-4-14-16)19-8-3-7-5(2-6(8)12)9(17)10(18)15-7/h2-4,9,17H,1H3,(H,15,18). The van der Waals surface area contributed by atoms with Gasteiger partial charge in [0.05, 0.1) is 0 Å². The first-order valence-corrected chi connectivity index (χ1v) is 7.01. The lowest BCUT2D eigenvalue weighted by Gasteiger charge is -2.07. The third kappa shape index (κ3) is 2.15. The molecule has 0 aliphatic carbocycles. The number of hydrogen-bond donors (Lipinski definition) is 2. The maximum absolute atomic E-state index is 11.4. The van der Waals surface area contributed by atoms with Crippen LogP contribution in [0.2, 0.25) is 0 Å². The smallest absolute Gasteiger partial charge is 0.257 e. The van der Waals surface area contributed by atoms with Gasteiger partial charge in [0, 0.05) is 27.7 Å². The lowest BCUT2D eigenvalue weighted by atomic mass is 10.1. The Morgan fingerprint density at radius 2 is 2.32 bits per heavy atom. The number of fused-ring (bicyclic) bond motifs is 1. The normalized spacial score (nSPS) is 17.4. The van der Waals surface area contributed by atoms with E-state index in [4.69, 9.17) is 0 Å². The largest absolute Gasteiger partial charge is 0.378 e. The Morgan fingerprint density at radius 1 is 1.53 bits per heavy atom. The van der Waals surface area contributed by atoms with Crippen molar-refractivity contribution < 1.29 is 9.90 Å². The second-order valence-corrected chi connectivity index (χ2v) is 5.89. The summed E-state index contributed by atoms with van der Waals surface area (Å²) in [6.45, 7) is 0. The molecular weight excluding hydrogens is 332 g/mol. The highest BCUT2D eigenvalue weighted by atomic mass is 79.9. The summed E-state index contributed by atoms with van der Waals surface area (Å²) in [6, 6.07) is 3.56. The highest BCUT2D eigenvalue weighted by molar-refractivity contribution is 9.10. The maximum atomic E-state index is 11.4. The van der Waals surface area contributed by atoms with E-state index in [0.29, 0.717) is 11.3 Å². The first-order valence-electron chi connectivity index (χ1n) is 5.40. The van der Waals surface area contributed by atoms with Crippen molar-refractivity contribution in [3.05, 3.63) is 28.5 Å². The third-order valence-corrected chi connectivity index (χ3v) is 4.80. The minimum absolute atomic E-state index is 0.400. The van der Waals surface area contributed by atoms with Crippen LogP contribution in [0.3, 0.4) is 0 Å². The molecule has 0 fully saturated rings. The van der Waals surface area contributed by atoms with Gasteiger partial charge in [-0.15, -0.1) is 0 Å². The van der Waals surface area contributed by atoms with Crippen LogP contribution in [0.15, 0.2) is 33.0 Å². The summed E-state index contributed by atoms with van der Waals surface area (Å²) >= 11 is 4.86. The van der Waals surface area contributed by atoms with E-state index in [1.165, 1.54) is 18.1 Å². The van der Waals surface area contributed by atoms with Crippen LogP contribution in [0.5, 0.6) is 0 Å². The van der Waals surface area contributed by atoms with Crippen LogP contribution in [0.25, 0.3) is 0 Å². The molecule has 1 aromatic heterocycles. The minimum Gasteiger partial charge on any atom is -0.378 e. The fourth-order valence-electron chi connectivity index (χ4n) is 1.80. The lowest BCUT2D eigenvalue weighted by molar-refractivity contribution is -0.123. The van der Waals surface area contributed by atoms with Gasteiger partial charge in [0.15, 0.2) is 11.3 Å². The van der Waals surface area contributed by atoms with Crippen molar-refractivity contribution in [2.45, 2.75) is 16.2 Å². The van der Waals surface area contributed by atoms with E-state index in [1.54, 1.807) is 10.7 Å². The second-order valence-electron chi connectivity index (χ2n) is 4.03. The molecule has 3 rings (SSSR count). The van der Waals surface area contributed by atoms with Gasteiger partial charge in [-0.2, -0.15) is 5.10 Å². The molecule has 98 valence electrons. The fourth-order valence-corrected chi connectivity index (χ4v) is 3.21. The molecular formula is C11H9BrN4O2S. The predicted molar refractivity (Wildman–Crippen MR) is 72.9 cm³/mol. The van der Waals surface area contributed by atoms with Crippen LogP contribution >= 0.6 is 27.7 Å². The number of benzene rings is 1. The van der Waals surface area contributed by atoms with Gasteiger partial charge in [-0.25, -0.2) is 9.67 Å². The first-order chi connectivity index (χ1) is 9.06.